The summed E-state index contributed by atoms with van der Waals surface area (Å²) < 4.78 is 0. The third-order valence-electron chi connectivity index (χ3n) is 3.82. The first kappa shape index (κ1) is 15.2. The molecule has 0 aromatic heterocycles. The van der Waals surface area contributed by atoms with Gasteiger partial charge in [-0.05, 0) is 24.8 Å². The number of nitro benzene ring substituents is 1. The second-order valence-corrected chi connectivity index (χ2v) is 5.45. The van der Waals surface area contributed by atoms with Crippen LogP contribution in [0.25, 0.3) is 0 Å². The minimum atomic E-state index is -0.485. The van der Waals surface area contributed by atoms with Crippen LogP contribution in [0.2, 0.25) is 0 Å². The van der Waals surface area contributed by atoms with E-state index in [0.29, 0.717) is 24.7 Å². The highest BCUT2D eigenvalue weighted by molar-refractivity contribution is 5.90. The van der Waals surface area contributed by atoms with Gasteiger partial charge in [-0.2, -0.15) is 0 Å². The van der Waals surface area contributed by atoms with Crippen LogP contribution in [0, 0.1) is 16.0 Å². The number of rotatable bonds is 3. The SMILES string of the molecule is CC1CCN(C(=O)Nc2cccc([N+](=O)[O-])c2)C(CN)C1. The average Bonchev–Trinajstić information content (AvgIpc) is 2.47. The van der Waals surface area contributed by atoms with Crippen LogP contribution in [0.5, 0.6) is 0 Å². The number of non-ortho nitro benzene ring substituents is 1. The zero-order chi connectivity index (χ0) is 15.4. The van der Waals surface area contributed by atoms with Gasteiger partial charge < -0.3 is 16.0 Å². The second kappa shape index (κ2) is 6.53. The van der Waals surface area contributed by atoms with Crippen LogP contribution >= 0.6 is 0 Å². The number of piperidine rings is 1. The van der Waals surface area contributed by atoms with E-state index in [1.54, 1.807) is 17.0 Å². The van der Waals surface area contributed by atoms with Crippen LogP contribution in [0.1, 0.15) is 19.8 Å². The van der Waals surface area contributed by atoms with E-state index >= 15 is 0 Å². The highest BCUT2D eigenvalue weighted by Crippen LogP contribution is 2.23. The maximum atomic E-state index is 12.3. The van der Waals surface area contributed by atoms with Gasteiger partial charge in [-0.25, -0.2) is 4.79 Å². The molecule has 7 nitrogen and oxygen atoms in total. The second-order valence-electron chi connectivity index (χ2n) is 5.45. The molecule has 1 aromatic carbocycles. The van der Waals surface area contributed by atoms with Gasteiger partial charge in [-0.1, -0.05) is 13.0 Å². The molecule has 1 aliphatic rings. The van der Waals surface area contributed by atoms with Gasteiger partial charge in [0.15, 0.2) is 0 Å². The Bertz CT molecular complexity index is 535. The molecule has 21 heavy (non-hydrogen) atoms. The Morgan fingerprint density at radius 2 is 2.33 bits per heavy atom. The van der Waals surface area contributed by atoms with E-state index in [1.165, 1.54) is 12.1 Å². The van der Waals surface area contributed by atoms with Gasteiger partial charge in [0, 0.05) is 37.0 Å². The number of urea groups is 1. The number of hydrogen-bond acceptors (Lipinski definition) is 4. The van der Waals surface area contributed by atoms with Crippen molar-refractivity contribution in [3.05, 3.63) is 34.4 Å². The third-order valence-corrected chi connectivity index (χ3v) is 3.82. The molecule has 1 saturated heterocycles. The summed E-state index contributed by atoms with van der Waals surface area (Å²) in [5, 5.41) is 13.5. The number of nitro groups is 1. The summed E-state index contributed by atoms with van der Waals surface area (Å²) >= 11 is 0. The van der Waals surface area contributed by atoms with Gasteiger partial charge in [0.05, 0.1) is 4.92 Å². The van der Waals surface area contributed by atoms with Gasteiger partial charge >= 0.3 is 6.03 Å². The maximum absolute atomic E-state index is 12.3. The summed E-state index contributed by atoms with van der Waals surface area (Å²) in [6, 6.07) is 5.69. The average molecular weight is 292 g/mol. The number of carbonyl (C=O) groups excluding carboxylic acids is 1. The van der Waals surface area contributed by atoms with Gasteiger partial charge in [-0.15, -0.1) is 0 Å². The molecule has 7 heteroatoms. The Hall–Kier alpha value is -2.15. The molecule has 0 aliphatic carbocycles. The summed E-state index contributed by atoms with van der Waals surface area (Å²) in [4.78, 5) is 24.3. The molecule has 1 aromatic rings. The standard InChI is InChI=1S/C14H20N4O3/c1-10-5-6-17(13(7-10)9-15)14(19)16-11-3-2-4-12(8-11)18(20)21/h2-4,8,10,13H,5-7,9,15H2,1H3,(H,16,19). The molecular formula is C14H20N4O3. The van der Waals surface area contributed by atoms with Crippen LogP contribution in [0.3, 0.4) is 0 Å². The lowest BCUT2D eigenvalue weighted by atomic mass is 9.93. The number of benzene rings is 1. The molecule has 0 radical (unpaired) electrons. The van der Waals surface area contributed by atoms with Gasteiger partial charge in [-0.3, -0.25) is 10.1 Å². The number of carbonyl (C=O) groups is 1. The van der Waals surface area contributed by atoms with Crippen molar-refractivity contribution in [1.82, 2.24) is 4.90 Å². The summed E-state index contributed by atoms with van der Waals surface area (Å²) in [5.74, 6) is 0.556. The molecule has 0 saturated carbocycles. The number of likely N-dealkylation sites (tertiary alicyclic amines) is 1. The van der Waals surface area contributed by atoms with E-state index in [4.69, 9.17) is 5.73 Å². The van der Waals surface area contributed by atoms with E-state index in [1.807, 2.05) is 0 Å². The lowest BCUT2D eigenvalue weighted by Gasteiger charge is -2.37. The predicted molar refractivity (Wildman–Crippen MR) is 80.1 cm³/mol. The Labute approximate surface area is 123 Å². The molecule has 114 valence electrons. The minimum absolute atomic E-state index is 0.0208. The van der Waals surface area contributed by atoms with Crippen molar-refractivity contribution in [2.24, 2.45) is 11.7 Å². The molecule has 3 N–H and O–H groups in total. The molecule has 1 fully saturated rings. The number of anilines is 1. The summed E-state index contributed by atoms with van der Waals surface area (Å²) in [6.45, 7) is 3.23. The fraction of sp³-hybridized carbons (Fsp3) is 0.500. The lowest BCUT2D eigenvalue weighted by Crippen LogP contribution is -2.50. The first-order valence-corrected chi connectivity index (χ1v) is 7.03. The van der Waals surface area contributed by atoms with E-state index in [-0.39, 0.29) is 17.8 Å². The van der Waals surface area contributed by atoms with Crippen molar-refractivity contribution >= 4 is 17.4 Å². The van der Waals surface area contributed by atoms with E-state index in [2.05, 4.69) is 12.2 Å². The molecule has 1 heterocycles. The van der Waals surface area contributed by atoms with Crippen molar-refractivity contribution in [2.45, 2.75) is 25.8 Å². The van der Waals surface area contributed by atoms with Crippen LogP contribution in [-0.4, -0.2) is 35.0 Å². The monoisotopic (exact) mass is 292 g/mol. The molecule has 1 aliphatic heterocycles. The van der Waals surface area contributed by atoms with E-state index in [9.17, 15) is 14.9 Å². The molecule has 0 bridgehead atoms. The molecule has 2 amide bonds. The number of hydrogen-bond donors (Lipinski definition) is 2. The molecular weight excluding hydrogens is 272 g/mol. The molecule has 2 atom stereocenters. The quantitative estimate of drug-likeness (QED) is 0.658. The summed E-state index contributed by atoms with van der Waals surface area (Å²) in [7, 11) is 0. The van der Waals surface area contributed by atoms with E-state index in [0.717, 1.165) is 12.8 Å². The Balaban J connectivity index is 2.06. The number of nitrogens with one attached hydrogen (secondary N) is 1. The Kier molecular flexibility index (Phi) is 4.74. The van der Waals surface area contributed by atoms with Gasteiger partial charge in [0.2, 0.25) is 0 Å². The minimum Gasteiger partial charge on any atom is -0.328 e. The Morgan fingerprint density at radius 1 is 1.57 bits per heavy atom. The van der Waals surface area contributed by atoms with Crippen LogP contribution < -0.4 is 11.1 Å². The van der Waals surface area contributed by atoms with E-state index < -0.39 is 4.92 Å². The van der Waals surface area contributed by atoms with Crippen molar-refractivity contribution in [3.8, 4) is 0 Å². The van der Waals surface area contributed by atoms with Crippen LogP contribution in [0.15, 0.2) is 24.3 Å². The van der Waals surface area contributed by atoms with Crippen LogP contribution in [-0.2, 0) is 0 Å². The number of nitrogens with zero attached hydrogens (tertiary/aromatic N) is 2. The molecule has 0 spiro atoms. The third kappa shape index (κ3) is 3.69. The van der Waals surface area contributed by atoms with Crippen molar-refractivity contribution < 1.29 is 9.72 Å². The largest absolute Gasteiger partial charge is 0.328 e. The van der Waals surface area contributed by atoms with Crippen molar-refractivity contribution in [1.29, 1.82) is 0 Å². The molecule has 2 rings (SSSR count). The van der Waals surface area contributed by atoms with Gasteiger partial charge in [0.1, 0.15) is 0 Å². The Morgan fingerprint density at radius 3 is 3.00 bits per heavy atom. The summed E-state index contributed by atoms with van der Waals surface area (Å²) in [5.41, 5.74) is 6.11. The number of nitrogens with two attached hydrogens (primary N) is 1. The highest BCUT2D eigenvalue weighted by Gasteiger charge is 2.29. The van der Waals surface area contributed by atoms with Gasteiger partial charge in [0.25, 0.3) is 5.69 Å². The predicted octanol–water partition coefficient (Wildman–Crippen LogP) is 2.19. The molecule has 2 unspecified atom stereocenters. The zero-order valence-electron chi connectivity index (χ0n) is 12.0. The lowest BCUT2D eigenvalue weighted by molar-refractivity contribution is -0.384. The maximum Gasteiger partial charge on any atom is 0.322 e. The van der Waals surface area contributed by atoms with Crippen molar-refractivity contribution in [3.63, 3.8) is 0 Å². The first-order chi connectivity index (χ1) is 10.0. The fourth-order valence-corrected chi connectivity index (χ4v) is 2.63. The fourth-order valence-electron chi connectivity index (χ4n) is 2.63. The van der Waals surface area contributed by atoms with Crippen LogP contribution in [0.4, 0.5) is 16.2 Å². The van der Waals surface area contributed by atoms with Crippen molar-refractivity contribution in [2.75, 3.05) is 18.4 Å². The number of amides is 2. The topological polar surface area (TPSA) is 102 Å². The first-order valence-electron chi connectivity index (χ1n) is 7.03. The summed E-state index contributed by atoms with van der Waals surface area (Å²) in [6.07, 6.45) is 1.83. The zero-order valence-corrected chi connectivity index (χ0v) is 12.0. The smallest absolute Gasteiger partial charge is 0.322 e. The highest BCUT2D eigenvalue weighted by atomic mass is 16.6. The normalized spacial score (nSPS) is 21.9.